The van der Waals surface area contributed by atoms with Crippen molar-refractivity contribution >= 4 is 77.7 Å². The lowest BCUT2D eigenvalue weighted by atomic mass is 9.86. The molecule has 0 spiro atoms. The molecule has 0 bridgehead atoms. The smallest absolute Gasteiger partial charge is 0.0702 e. The van der Waals surface area contributed by atoms with E-state index >= 15 is 0 Å². The van der Waals surface area contributed by atoms with E-state index in [2.05, 4.69) is 264 Å². The number of fused-ring (bicyclic) bond motifs is 6. The highest BCUT2D eigenvalue weighted by Gasteiger charge is 2.26. The normalized spacial score (nSPS) is 11.8. The number of hydrogen-bond acceptors (Lipinski definition) is 2. The Bertz CT molecular complexity index is 3080. The molecule has 0 saturated heterocycles. The third-order valence-electron chi connectivity index (χ3n) is 12.2. The molecule has 0 N–H and O–H groups in total. The van der Waals surface area contributed by atoms with Gasteiger partial charge in [-0.25, -0.2) is 0 Å². The van der Waals surface area contributed by atoms with Crippen LogP contribution in [0.3, 0.4) is 0 Å². The summed E-state index contributed by atoms with van der Waals surface area (Å²) in [5.74, 6) is 0. The molecule has 0 aliphatic carbocycles. The molecule has 9 aromatic carbocycles. The zero-order valence-electron chi connectivity index (χ0n) is 35.2. The SMILES string of the molecule is CC(C)(C)c1cc(N(c2ccccc2)c2ccccc2-n2c3ccccc3c3ccccc32)cc(N(c2ccccc2)c2ccccc2-n2c3ccccc3c3ccccc32)c1. The Hall–Kier alpha value is -7.82. The molecule has 4 nitrogen and oxygen atoms in total. The van der Waals surface area contributed by atoms with E-state index in [1.807, 2.05) is 0 Å². The van der Waals surface area contributed by atoms with E-state index in [9.17, 15) is 0 Å². The van der Waals surface area contributed by atoms with Crippen LogP contribution in [0.15, 0.2) is 224 Å². The summed E-state index contributed by atoms with van der Waals surface area (Å²) in [5, 5.41) is 4.95. The monoisotopic (exact) mass is 798 g/mol. The second-order valence-corrected chi connectivity index (χ2v) is 17.0. The van der Waals surface area contributed by atoms with Crippen molar-refractivity contribution in [3.8, 4) is 11.4 Å². The van der Waals surface area contributed by atoms with E-state index in [1.54, 1.807) is 0 Å². The number of anilines is 6. The van der Waals surface area contributed by atoms with Crippen LogP contribution in [0.1, 0.15) is 26.3 Å². The Morgan fingerprint density at radius 2 is 0.613 bits per heavy atom. The lowest BCUT2D eigenvalue weighted by Crippen LogP contribution is -2.19. The molecule has 0 aliphatic heterocycles. The van der Waals surface area contributed by atoms with Crippen LogP contribution in [-0.4, -0.2) is 9.13 Å². The first-order chi connectivity index (χ1) is 30.4. The molecule has 11 rings (SSSR count). The second-order valence-electron chi connectivity index (χ2n) is 17.0. The van der Waals surface area contributed by atoms with Gasteiger partial charge in [0.15, 0.2) is 0 Å². The van der Waals surface area contributed by atoms with Crippen LogP contribution in [0.2, 0.25) is 0 Å². The summed E-state index contributed by atoms with van der Waals surface area (Å²) in [4.78, 5) is 4.89. The van der Waals surface area contributed by atoms with Crippen molar-refractivity contribution in [3.05, 3.63) is 230 Å². The van der Waals surface area contributed by atoms with Crippen molar-refractivity contribution in [1.29, 1.82) is 0 Å². The molecule has 11 aromatic rings. The van der Waals surface area contributed by atoms with Gasteiger partial charge in [-0.1, -0.05) is 154 Å². The van der Waals surface area contributed by atoms with Crippen molar-refractivity contribution in [2.75, 3.05) is 9.80 Å². The molecule has 4 heteroatoms. The molecule has 0 atom stereocenters. The molecule has 0 amide bonds. The van der Waals surface area contributed by atoms with Crippen LogP contribution in [0, 0.1) is 0 Å². The van der Waals surface area contributed by atoms with Crippen LogP contribution in [0.5, 0.6) is 0 Å². The highest BCUT2D eigenvalue weighted by Crippen LogP contribution is 2.47. The zero-order valence-corrected chi connectivity index (χ0v) is 35.2. The standard InChI is InChI=1S/C58H46N4/c1-58(2,3)41-38-44(59(42-22-6-4-7-23-42)54-34-18-20-36-56(54)61-50-30-14-10-26-46(50)47-27-11-15-31-51(47)61)40-45(39-41)60(43-24-8-5-9-25-43)55-35-19-21-37-57(55)62-52-32-16-12-28-48(52)49-29-13-17-33-53(49)62/h4-40H,1-3H3. The van der Waals surface area contributed by atoms with Crippen LogP contribution in [0.4, 0.5) is 34.1 Å². The largest absolute Gasteiger partial charge is 0.308 e. The van der Waals surface area contributed by atoms with Crippen molar-refractivity contribution in [3.63, 3.8) is 0 Å². The van der Waals surface area contributed by atoms with Gasteiger partial charge >= 0.3 is 0 Å². The molecular weight excluding hydrogens is 753 g/mol. The van der Waals surface area contributed by atoms with E-state index in [0.717, 1.165) is 45.5 Å². The van der Waals surface area contributed by atoms with Crippen LogP contribution in [-0.2, 0) is 5.41 Å². The van der Waals surface area contributed by atoms with E-state index in [1.165, 1.54) is 49.2 Å². The van der Waals surface area contributed by atoms with Gasteiger partial charge in [0.05, 0.1) is 44.8 Å². The Morgan fingerprint density at radius 3 is 0.968 bits per heavy atom. The number of para-hydroxylation sites is 10. The Balaban J connectivity index is 1.19. The van der Waals surface area contributed by atoms with Gasteiger partial charge in [-0.2, -0.15) is 0 Å². The molecule has 2 heterocycles. The average Bonchev–Trinajstić information content (AvgIpc) is 3.83. The van der Waals surface area contributed by atoms with Gasteiger partial charge in [0.2, 0.25) is 0 Å². The quantitative estimate of drug-likeness (QED) is 0.152. The Kier molecular flexibility index (Phi) is 9.01. The third-order valence-corrected chi connectivity index (χ3v) is 12.2. The van der Waals surface area contributed by atoms with Crippen molar-refractivity contribution < 1.29 is 0 Å². The maximum atomic E-state index is 2.44. The predicted molar refractivity (Wildman–Crippen MR) is 263 cm³/mol. The van der Waals surface area contributed by atoms with Gasteiger partial charge in [0, 0.05) is 44.3 Å². The topological polar surface area (TPSA) is 16.3 Å². The van der Waals surface area contributed by atoms with Gasteiger partial charge in [-0.15, -0.1) is 0 Å². The first-order valence-electron chi connectivity index (χ1n) is 21.5. The maximum absolute atomic E-state index is 2.44. The van der Waals surface area contributed by atoms with E-state index < -0.39 is 0 Å². The van der Waals surface area contributed by atoms with Crippen molar-refractivity contribution in [1.82, 2.24) is 9.13 Å². The van der Waals surface area contributed by atoms with Gasteiger partial charge in [0.25, 0.3) is 0 Å². The molecule has 298 valence electrons. The van der Waals surface area contributed by atoms with Crippen LogP contribution >= 0.6 is 0 Å². The number of hydrogen-bond donors (Lipinski definition) is 0. The summed E-state index contributed by atoms with van der Waals surface area (Å²) in [6.45, 7) is 6.94. The summed E-state index contributed by atoms with van der Waals surface area (Å²) in [7, 11) is 0. The highest BCUT2D eigenvalue weighted by molar-refractivity contribution is 6.11. The maximum Gasteiger partial charge on any atom is 0.0702 e. The minimum absolute atomic E-state index is 0.172. The first kappa shape index (κ1) is 37.2. The lowest BCUT2D eigenvalue weighted by Gasteiger charge is -2.33. The summed E-state index contributed by atoms with van der Waals surface area (Å²) in [5.41, 5.74) is 14.4. The molecule has 0 fully saturated rings. The molecule has 0 radical (unpaired) electrons. The van der Waals surface area contributed by atoms with E-state index in [-0.39, 0.29) is 5.41 Å². The second kappa shape index (κ2) is 15.0. The van der Waals surface area contributed by atoms with Gasteiger partial charge < -0.3 is 18.9 Å². The number of aromatic nitrogens is 2. The minimum atomic E-state index is -0.172. The number of nitrogens with zero attached hydrogens (tertiary/aromatic N) is 4. The molecular formula is C58H46N4. The van der Waals surface area contributed by atoms with Crippen molar-refractivity contribution in [2.45, 2.75) is 26.2 Å². The number of benzene rings is 9. The average molecular weight is 799 g/mol. The van der Waals surface area contributed by atoms with Crippen LogP contribution < -0.4 is 9.80 Å². The number of rotatable bonds is 8. The third kappa shape index (κ3) is 6.22. The summed E-state index contributed by atoms with van der Waals surface area (Å²) >= 11 is 0. The molecule has 62 heavy (non-hydrogen) atoms. The fourth-order valence-corrected chi connectivity index (χ4v) is 9.34. The fraction of sp³-hybridized carbons (Fsp3) is 0.0690. The van der Waals surface area contributed by atoms with Crippen LogP contribution in [0.25, 0.3) is 55.0 Å². The summed E-state index contributed by atoms with van der Waals surface area (Å²) < 4.78 is 4.87. The fourth-order valence-electron chi connectivity index (χ4n) is 9.34. The Morgan fingerprint density at radius 1 is 0.306 bits per heavy atom. The van der Waals surface area contributed by atoms with Gasteiger partial charge in [-0.05, 0) is 102 Å². The highest BCUT2D eigenvalue weighted by atomic mass is 15.2. The molecule has 2 aromatic heterocycles. The van der Waals surface area contributed by atoms with Crippen molar-refractivity contribution in [2.24, 2.45) is 0 Å². The van der Waals surface area contributed by atoms with Gasteiger partial charge in [-0.3, -0.25) is 0 Å². The van der Waals surface area contributed by atoms with Gasteiger partial charge in [0.1, 0.15) is 0 Å². The minimum Gasteiger partial charge on any atom is -0.308 e. The lowest BCUT2D eigenvalue weighted by molar-refractivity contribution is 0.590. The summed E-state index contributed by atoms with van der Waals surface area (Å²) in [6, 6.07) is 81.5. The van der Waals surface area contributed by atoms with E-state index in [4.69, 9.17) is 0 Å². The zero-order chi connectivity index (χ0) is 41.8. The first-order valence-corrected chi connectivity index (χ1v) is 21.5. The summed E-state index contributed by atoms with van der Waals surface area (Å²) in [6.07, 6.45) is 0. The molecule has 0 saturated carbocycles. The Labute approximate surface area is 362 Å². The molecule has 0 unspecified atom stereocenters. The van der Waals surface area contributed by atoms with E-state index in [0.29, 0.717) is 0 Å². The molecule has 0 aliphatic rings. The predicted octanol–water partition coefficient (Wildman–Crippen LogP) is 16.1.